The van der Waals surface area contributed by atoms with Crippen LogP contribution in [0.1, 0.15) is 33.3 Å². The van der Waals surface area contributed by atoms with E-state index < -0.39 is 10.1 Å². The first-order valence-corrected chi connectivity index (χ1v) is 7.71. The number of rotatable bonds is 6. The van der Waals surface area contributed by atoms with Gasteiger partial charge in [-0.1, -0.05) is 45.9 Å². The van der Waals surface area contributed by atoms with Crippen molar-refractivity contribution >= 4 is 39.7 Å². The standard InChI is InChI=1S/C14H22O3S.Na.H/c1-11(2)9-13-7-5-6-8-14(13)18(15,16)17-10-12(3)4;;/h5-8,11-12H,9-10H2,1-4H3;;. The quantitative estimate of drug-likeness (QED) is 0.598. The molecule has 0 aliphatic carbocycles. The molecule has 5 heteroatoms. The van der Waals surface area contributed by atoms with Gasteiger partial charge in [0.05, 0.1) is 11.5 Å². The molecule has 0 fully saturated rings. The fraction of sp³-hybridized carbons (Fsp3) is 0.571. The van der Waals surface area contributed by atoms with Crippen LogP contribution in [0.4, 0.5) is 0 Å². The van der Waals surface area contributed by atoms with Crippen LogP contribution in [0.5, 0.6) is 0 Å². The fourth-order valence-corrected chi connectivity index (χ4v) is 2.94. The van der Waals surface area contributed by atoms with E-state index in [1.165, 1.54) is 0 Å². The van der Waals surface area contributed by atoms with Crippen LogP contribution >= 0.6 is 0 Å². The summed E-state index contributed by atoms with van der Waals surface area (Å²) in [6.45, 7) is 8.21. The Hall–Kier alpha value is 0.130. The third kappa shape index (κ3) is 6.41. The van der Waals surface area contributed by atoms with E-state index in [0.29, 0.717) is 10.8 Å². The van der Waals surface area contributed by atoms with E-state index in [4.69, 9.17) is 4.18 Å². The zero-order valence-electron chi connectivity index (χ0n) is 11.5. The van der Waals surface area contributed by atoms with Gasteiger partial charge < -0.3 is 0 Å². The van der Waals surface area contributed by atoms with E-state index in [0.717, 1.165) is 12.0 Å². The van der Waals surface area contributed by atoms with Crippen molar-refractivity contribution in [2.24, 2.45) is 11.8 Å². The Labute approximate surface area is 139 Å². The minimum atomic E-state index is -3.63. The summed E-state index contributed by atoms with van der Waals surface area (Å²) in [4.78, 5) is 0.305. The van der Waals surface area contributed by atoms with Gasteiger partial charge in [0.25, 0.3) is 10.1 Å². The summed E-state index contributed by atoms with van der Waals surface area (Å²) >= 11 is 0. The van der Waals surface area contributed by atoms with Crippen molar-refractivity contribution in [2.45, 2.75) is 39.0 Å². The van der Waals surface area contributed by atoms with Gasteiger partial charge in [-0.2, -0.15) is 8.42 Å². The molecule has 19 heavy (non-hydrogen) atoms. The van der Waals surface area contributed by atoms with Gasteiger partial charge in [-0.3, -0.25) is 4.18 Å². The topological polar surface area (TPSA) is 43.4 Å². The molecule has 0 unspecified atom stereocenters. The van der Waals surface area contributed by atoms with E-state index in [9.17, 15) is 8.42 Å². The summed E-state index contributed by atoms with van der Waals surface area (Å²) in [6, 6.07) is 7.06. The van der Waals surface area contributed by atoms with Gasteiger partial charge >= 0.3 is 29.6 Å². The summed E-state index contributed by atoms with van der Waals surface area (Å²) in [7, 11) is -3.63. The van der Waals surface area contributed by atoms with Crippen molar-refractivity contribution in [1.82, 2.24) is 0 Å². The molecule has 0 aromatic heterocycles. The fourth-order valence-electron chi connectivity index (χ4n) is 1.65. The first-order chi connectivity index (χ1) is 8.33. The number of hydrogen-bond donors (Lipinski definition) is 0. The zero-order chi connectivity index (χ0) is 13.8. The van der Waals surface area contributed by atoms with Crippen LogP contribution in [0.25, 0.3) is 0 Å². The molecule has 0 bridgehead atoms. The predicted octanol–water partition coefficient (Wildman–Crippen LogP) is 2.60. The summed E-state index contributed by atoms with van der Waals surface area (Å²) in [5, 5.41) is 0. The Balaban J connectivity index is 0.00000324. The molecule has 1 aromatic rings. The molecule has 0 heterocycles. The molecule has 0 saturated heterocycles. The predicted molar refractivity (Wildman–Crippen MR) is 80.1 cm³/mol. The molecule has 104 valence electrons. The van der Waals surface area contributed by atoms with Gasteiger partial charge in [-0.05, 0) is 29.9 Å². The molecule has 1 rings (SSSR count). The maximum absolute atomic E-state index is 12.1. The molecule has 1 aromatic carbocycles. The Bertz CT molecular complexity index is 481. The molecule has 0 spiro atoms. The summed E-state index contributed by atoms with van der Waals surface area (Å²) in [6.07, 6.45) is 0.737. The third-order valence-corrected chi connectivity index (χ3v) is 3.81. The molecular formula is C14H23NaO3S. The molecule has 3 nitrogen and oxygen atoms in total. The minimum absolute atomic E-state index is 0. The van der Waals surface area contributed by atoms with Gasteiger partial charge in [0.2, 0.25) is 0 Å². The van der Waals surface area contributed by atoms with Crippen LogP contribution in [0.15, 0.2) is 29.2 Å². The normalized spacial score (nSPS) is 11.7. The Kier molecular flexibility index (Phi) is 8.48. The van der Waals surface area contributed by atoms with E-state index in [1.807, 2.05) is 26.0 Å². The third-order valence-electron chi connectivity index (χ3n) is 2.43. The van der Waals surface area contributed by atoms with Crippen molar-refractivity contribution in [3.63, 3.8) is 0 Å². The van der Waals surface area contributed by atoms with Crippen molar-refractivity contribution in [3.05, 3.63) is 29.8 Å². The summed E-state index contributed by atoms with van der Waals surface area (Å²) in [5.41, 5.74) is 0.830. The van der Waals surface area contributed by atoms with Crippen LogP contribution < -0.4 is 0 Å². The van der Waals surface area contributed by atoms with Crippen molar-refractivity contribution < 1.29 is 12.6 Å². The molecule has 0 saturated carbocycles. The second-order valence-corrected chi connectivity index (χ2v) is 6.92. The maximum atomic E-state index is 12.1. The van der Waals surface area contributed by atoms with Crippen LogP contribution in [0, 0.1) is 11.8 Å². The summed E-state index contributed by atoms with van der Waals surface area (Å²) < 4.78 is 29.3. The van der Waals surface area contributed by atoms with Gasteiger partial charge in [0.1, 0.15) is 0 Å². The van der Waals surface area contributed by atoms with Crippen LogP contribution in [0.3, 0.4) is 0 Å². The molecule has 0 aliphatic heterocycles. The molecule has 0 aliphatic rings. The average Bonchev–Trinajstić information content (AvgIpc) is 2.26. The van der Waals surface area contributed by atoms with Crippen molar-refractivity contribution in [1.29, 1.82) is 0 Å². The molecule has 0 radical (unpaired) electrons. The van der Waals surface area contributed by atoms with Crippen molar-refractivity contribution in [3.8, 4) is 0 Å². The average molecular weight is 294 g/mol. The first kappa shape index (κ1) is 19.1. The Morgan fingerprint density at radius 1 is 1.05 bits per heavy atom. The molecule has 0 amide bonds. The number of benzene rings is 1. The van der Waals surface area contributed by atoms with Gasteiger partial charge in [0.15, 0.2) is 0 Å². The van der Waals surface area contributed by atoms with E-state index in [2.05, 4.69) is 13.8 Å². The Morgan fingerprint density at radius 3 is 2.16 bits per heavy atom. The monoisotopic (exact) mass is 294 g/mol. The van der Waals surface area contributed by atoms with Gasteiger partial charge in [0, 0.05) is 0 Å². The second-order valence-electron chi connectivity index (χ2n) is 5.34. The Morgan fingerprint density at radius 2 is 1.63 bits per heavy atom. The second kappa shape index (κ2) is 8.42. The summed E-state index contributed by atoms with van der Waals surface area (Å²) in [5.74, 6) is 0.600. The first-order valence-electron chi connectivity index (χ1n) is 6.30. The van der Waals surface area contributed by atoms with Crippen LogP contribution in [-0.2, 0) is 20.7 Å². The SMILES string of the molecule is CC(C)COS(=O)(=O)c1ccccc1CC(C)C.[NaH]. The van der Waals surface area contributed by atoms with Gasteiger partial charge in [-0.25, -0.2) is 0 Å². The number of hydrogen-bond acceptors (Lipinski definition) is 3. The van der Waals surface area contributed by atoms with Gasteiger partial charge in [-0.15, -0.1) is 0 Å². The van der Waals surface area contributed by atoms with Crippen LogP contribution in [0.2, 0.25) is 0 Å². The molecule has 0 atom stereocenters. The van der Waals surface area contributed by atoms with E-state index in [1.54, 1.807) is 12.1 Å². The molecular weight excluding hydrogens is 271 g/mol. The van der Waals surface area contributed by atoms with Crippen molar-refractivity contribution in [2.75, 3.05) is 6.61 Å². The van der Waals surface area contributed by atoms with E-state index in [-0.39, 0.29) is 42.1 Å². The van der Waals surface area contributed by atoms with E-state index >= 15 is 0 Å². The zero-order valence-corrected chi connectivity index (χ0v) is 12.3. The molecule has 0 N–H and O–H groups in total. The van der Waals surface area contributed by atoms with Crippen LogP contribution in [-0.4, -0.2) is 44.6 Å².